The molecule has 1 aliphatic rings. The largest absolute Gasteiger partial charge is 0.511 e. The van der Waals surface area contributed by atoms with Crippen LogP contribution in [0.25, 0.3) is 0 Å². The molecule has 2 atom stereocenters. The van der Waals surface area contributed by atoms with Gasteiger partial charge in [-0.15, -0.1) is 0 Å². The first kappa shape index (κ1) is 25.8. The topological polar surface area (TPSA) is 71.4 Å². The average Bonchev–Trinajstić information content (AvgIpc) is 2.66. The minimum absolute atomic E-state index is 0.166. The van der Waals surface area contributed by atoms with Crippen LogP contribution in [0.5, 0.6) is 0 Å². The third kappa shape index (κ3) is 5.68. The van der Waals surface area contributed by atoms with E-state index >= 15 is 0 Å². The van der Waals surface area contributed by atoms with Crippen LogP contribution in [0, 0.1) is 17.3 Å². The number of rotatable bonds is 9. The van der Waals surface area contributed by atoms with Crippen molar-refractivity contribution in [2.75, 3.05) is 0 Å². The van der Waals surface area contributed by atoms with Crippen LogP contribution in [0.15, 0.2) is 46.3 Å². The summed E-state index contributed by atoms with van der Waals surface area (Å²) in [6, 6.07) is 0. The first-order chi connectivity index (χ1) is 13.9. The van der Waals surface area contributed by atoms with E-state index in [9.17, 15) is 19.5 Å². The molecule has 0 fully saturated rings. The summed E-state index contributed by atoms with van der Waals surface area (Å²) >= 11 is 0. The fraction of sp³-hybridized carbons (Fsp3) is 0.577. The molecular formula is C26H38O4. The number of aliphatic hydroxyl groups is 1. The van der Waals surface area contributed by atoms with Gasteiger partial charge in [-0.2, -0.15) is 0 Å². The van der Waals surface area contributed by atoms with Gasteiger partial charge in [0.05, 0.1) is 11.3 Å². The summed E-state index contributed by atoms with van der Waals surface area (Å²) in [4.78, 5) is 40.5. The normalized spacial score (nSPS) is 19.3. The summed E-state index contributed by atoms with van der Waals surface area (Å²) in [6.07, 6.45) is 6.96. The third-order valence-electron chi connectivity index (χ3n) is 5.82. The van der Waals surface area contributed by atoms with Crippen molar-refractivity contribution in [3.63, 3.8) is 0 Å². The van der Waals surface area contributed by atoms with Crippen LogP contribution in [-0.2, 0) is 14.4 Å². The highest BCUT2D eigenvalue weighted by Gasteiger charge is 2.54. The highest BCUT2D eigenvalue weighted by atomic mass is 16.3. The van der Waals surface area contributed by atoms with Crippen LogP contribution in [0.1, 0.15) is 81.1 Å². The number of allylic oxidation sites excluding steroid dienone is 8. The third-order valence-corrected chi connectivity index (χ3v) is 5.82. The minimum Gasteiger partial charge on any atom is -0.511 e. The molecule has 166 valence electrons. The summed E-state index contributed by atoms with van der Waals surface area (Å²) in [5.41, 5.74) is 1.49. The molecule has 0 aromatic rings. The molecule has 4 heteroatoms. The lowest BCUT2D eigenvalue weighted by atomic mass is 9.61. The van der Waals surface area contributed by atoms with Gasteiger partial charge >= 0.3 is 0 Å². The average molecular weight is 415 g/mol. The summed E-state index contributed by atoms with van der Waals surface area (Å²) < 4.78 is 0. The van der Waals surface area contributed by atoms with E-state index in [1.807, 2.05) is 66.7 Å². The Morgan fingerprint density at radius 3 is 1.83 bits per heavy atom. The molecule has 30 heavy (non-hydrogen) atoms. The van der Waals surface area contributed by atoms with Gasteiger partial charge in [-0.05, 0) is 67.2 Å². The molecule has 4 nitrogen and oxygen atoms in total. The molecule has 2 unspecified atom stereocenters. The molecule has 0 aromatic heterocycles. The lowest BCUT2D eigenvalue weighted by molar-refractivity contribution is -0.143. The Morgan fingerprint density at radius 2 is 1.43 bits per heavy atom. The van der Waals surface area contributed by atoms with E-state index in [-0.39, 0.29) is 42.2 Å². The van der Waals surface area contributed by atoms with Crippen LogP contribution in [-0.4, -0.2) is 22.5 Å². The van der Waals surface area contributed by atoms with Gasteiger partial charge in [0.1, 0.15) is 11.3 Å². The molecule has 0 amide bonds. The van der Waals surface area contributed by atoms with E-state index in [1.54, 1.807) is 6.92 Å². The van der Waals surface area contributed by atoms with E-state index in [4.69, 9.17) is 0 Å². The van der Waals surface area contributed by atoms with Crippen molar-refractivity contribution in [3.8, 4) is 0 Å². The zero-order valence-electron chi connectivity index (χ0n) is 19.9. The van der Waals surface area contributed by atoms with Gasteiger partial charge in [-0.1, -0.05) is 48.8 Å². The van der Waals surface area contributed by atoms with Crippen molar-refractivity contribution < 1.29 is 19.5 Å². The van der Waals surface area contributed by atoms with E-state index in [0.717, 1.165) is 16.7 Å². The number of aliphatic hydroxyl groups excluding tert-OH is 1. The van der Waals surface area contributed by atoms with Crippen LogP contribution in [0.3, 0.4) is 0 Å². The van der Waals surface area contributed by atoms with Gasteiger partial charge in [-0.3, -0.25) is 14.4 Å². The van der Waals surface area contributed by atoms with Crippen molar-refractivity contribution in [2.24, 2.45) is 17.3 Å². The Morgan fingerprint density at radius 1 is 0.967 bits per heavy atom. The Kier molecular flexibility index (Phi) is 9.20. The predicted molar refractivity (Wildman–Crippen MR) is 122 cm³/mol. The second-order valence-electron chi connectivity index (χ2n) is 9.25. The standard InChI is InChI=1S/C26H38O4/c1-9-19(8)22(27)21-23(28)20(11-10-16(2)3)24(29)26(25(21)30,14-12-17(4)5)15-13-18(6)7/h10,12-13,19-20,28H,9,11,14-15H2,1-8H3. The molecule has 0 saturated carbocycles. The van der Waals surface area contributed by atoms with Crippen molar-refractivity contribution in [1.29, 1.82) is 0 Å². The van der Waals surface area contributed by atoms with Crippen LogP contribution >= 0.6 is 0 Å². The number of hydrogen-bond donors (Lipinski definition) is 1. The Balaban J connectivity index is 3.78. The molecule has 0 spiro atoms. The Bertz CT molecular complexity index is 788. The van der Waals surface area contributed by atoms with E-state index in [1.165, 1.54) is 0 Å². The second-order valence-corrected chi connectivity index (χ2v) is 9.25. The minimum atomic E-state index is -1.36. The van der Waals surface area contributed by atoms with Gasteiger partial charge in [0, 0.05) is 5.92 Å². The summed E-state index contributed by atoms with van der Waals surface area (Å²) in [5, 5.41) is 10.9. The zero-order chi connectivity index (χ0) is 23.2. The monoisotopic (exact) mass is 414 g/mol. The predicted octanol–water partition coefficient (Wildman–Crippen LogP) is 6.24. The summed E-state index contributed by atoms with van der Waals surface area (Å²) in [6.45, 7) is 15.2. The van der Waals surface area contributed by atoms with Crippen molar-refractivity contribution in [2.45, 2.75) is 81.1 Å². The van der Waals surface area contributed by atoms with Gasteiger partial charge < -0.3 is 5.11 Å². The molecule has 0 aromatic carbocycles. The second kappa shape index (κ2) is 10.7. The van der Waals surface area contributed by atoms with E-state index in [2.05, 4.69) is 0 Å². The van der Waals surface area contributed by atoms with Crippen LogP contribution < -0.4 is 0 Å². The van der Waals surface area contributed by atoms with Crippen molar-refractivity contribution in [1.82, 2.24) is 0 Å². The molecule has 1 N–H and O–H groups in total. The maximum atomic E-state index is 13.7. The molecule has 0 heterocycles. The van der Waals surface area contributed by atoms with Crippen molar-refractivity contribution in [3.05, 3.63) is 46.3 Å². The molecule has 0 saturated heterocycles. The molecule has 0 bridgehead atoms. The van der Waals surface area contributed by atoms with Gasteiger partial charge in [0.25, 0.3) is 0 Å². The zero-order valence-corrected chi connectivity index (χ0v) is 19.9. The van der Waals surface area contributed by atoms with Crippen molar-refractivity contribution >= 4 is 17.3 Å². The molecule has 1 aliphatic carbocycles. The number of carbonyl (C=O) groups is 3. The fourth-order valence-corrected chi connectivity index (χ4v) is 3.57. The Labute approximate surface area is 181 Å². The summed E-state index contributed by atoms with van der Waals surface area (Å²) in [5.74, 6) is -2.81. The van der Waals surface area contributed by atoms with E-state index in [0.29, 0.717) is 6.42 Å². The lowest BCUT2D eigenvalue weighted by Crippen LogP contribution is -2.50. The maximum Gasteiger partial charge on any atom is 0.184 e. The first-order valence-electron chi connectivity index (χ1n) is 10.9. The number of Topliss-reactive ketones (excluding diaryl/α,β-unsaturated/α-hetero) is 3. The highest BCUT2D eigenvalue weighted by Crippen LogP contribution is 2.44. The maximum absolute atomic E-state index is 13.7. The van der Waals surface area contributed by atoms with Crippen LogP contribution in [0.4, 0.5) is 0 Å². The lowest BCUT2D eigenvalue weighted by Gasteiger charge is -2.38. The SMILES string of the molecule is CCC(C)C(=O)C1=C(O)C(CC=C(C)C)C(=O)C(CC=C(C)C)(CC=C(C)C)C1=O. The van der Waals surface area contributed by atoms with E-state index < -0.39 is 23.0 Å². The molecule has 0 aliphatic heterocycles. The molecular weight excluding hydrogens is 376 g/mol. The first-order valence-corrected chi connectivity index (χ1v) is 10.9. The number of hydrogen-bond acceptors (Lipinski definition) is 4. The fourth-order valence-electron chi connectivity index (χ4n) is 3.57. The smallest absolute Gasteiger partial charge is 0.184 e. The highest BCUT2D eigenvalue weighted by molar-refractivity contribution is 6.30. The number of carbonyl (C=O) groups excluding carboxylic acids is 3. The van der Waals surface area contributed by atoms with Gasteiger partial charge in [-0.25, -0.2) is 0 Å². The molecule has 1 rings (SSSR count). The van der Waals surface area contributed by atoms with Gasteiger partial charge in [0.15, 0.2) is 17.3 Å². The van der Waals surface area contributed by atoms with Crippen LogP contribution in [0.2, 0.25) is 0 Å². The molecule has 0 radical (unpaired) electrons. The number of ketones is 3. The Hall–Kier alpha value is -2.23. The summed E-state index contributed by atoms with van der Waals surface area (Å²) in [7, 11) is 0. The van der Waals surface area contributed by atoms with Gasteiger partial charge in [0.2, 0.25) is 0 Å². The quantitative estimate of drug-likeness (QED) is 0.275.